The molecular weight excluding hydrogens is 485 g/mol. The molecule has 0 unspecified atom stereocenters. The van der Waals surface area contributed by atoms with Crippen LogP contribution in [0.3, 0.4) is 0 Å². The lowest BCUT2D eigenvalue weighted by atomic mass is 9.93. The Morgan fingerprint density at radius 2 is 1.60 bits per heavy atom. The first-order chi connectivity index (χ1) is 14.3. The highest BCUT2D eigenvalue weighted by atomic mass is 127. The van der Waals surface area contributed by atoms with Gasteiger partial charge in [0, 0.05) is 19.6 Å². The number of halogens is 1. The van der Waals surface area contributed by atoms with Crippen molar-refractivity contribution in [1.29, 1.82) is 0 Å². The molecule has 0 amide bonds. The molecule has 6 heteroatoms. The number of nitrogens with zero attached hydrogens (tertiary/aromatic N) is 3. The molecular formula is C24H42IN5. The van der Waals surface area contributed by atoms with Gasteiger partial charge < -0.3 is 15.5 Å². The standard InChI is InChI=1S/C24H41N5.HI/c1-3-25-24(26-14-11-21-12-17-28(4-2)18-13-21)27-19-22-7-9-23(10-8-22)20-29-15-5-6-16-29;/h7-10,21H,3-6,11-20H2,1-2H3,(H2,25,26,27);1H. The van der Waals surface area contributed by atoms with Crippen LogP contribution in [0.1, 0.15) is 57.1 Å². The number of nitrogens with one attached hydrogen (secondary N) is 2. The lowest BCUT2D eigenvalue weighted by Crippen LogP contribution is -2.39. The summed E-state index contributed by atoms with van der Waals surface area (Å²) < 4.78 is 0. The first kappa shape index (κ1) is 25.4. The third kappa shape index (κ3) is 8.71. The van der Waals surface area contributed by atoms with Crippen molar-refractivity contribution in [2.75, 3.05) is 45.8 Å². The van der Waals surface area contributed by atoms with Crippen LogP contribution in [-0.4, -0.2) is 61.6 Å². The van der Waals surface area contributed by atoms with Gasteiger partial charge in [-0.15, -0.1) is 24.0 Å². The zero-order chi connectivity index (χ0) is 20.3. The normalized spacial score (nSPS) is 18.9. The molecule has 170 valence electrons. The Morgan fingerprint density at radius 1 is 0.933 bits per heavy atom. The third-order valence-electron chi connectivity index (χ3n) is 6.39. The van der Waals surface area contributed by atoms with Gasteiger partial charge in [-0.1, -0.05) is 31.2 Å². The van der Waals surface area contributed by atoms with E-state index >= 15 is 0 Å². The van der Waals surface area contributed by atoms with E-state index in [1.165, 1.54) is 76.0 Å². The number of aliphatic imine (C=N–C) groups is 1. The van der Waals surface area contributed by atoms with Crippen LogP contribution in [0.4, 0.5) is 0 Å². The first-order valence-corrected chi connectivity index (χ1v) is 11.8. The number of benzene rings is 1. The summed E-state index contributed by atoms with van der Waals surface area (Å²) in [5.74, 6) is 1.80. The quantitative estimate of drug-likeness (QED) is 0.289. The molecule has 0 spiro atoms. The Balaban J connectivity index is 0.00000320. The predicted molar refractivity (Wildman–Crippen MR) is 139 cm³/mol. The molecule has 0 atom stereocenters. The summed E-state index contributed by atoms with van der Waals surface area (Å²) in [7, 11) is 0. The summed E-state index contributed by atoms with van der Waals surface area (Å²) in [5, 5.41) is 6.93. The lowest BCUT2D eigenvalue weighted by molar-refractivity contribution is 0.187. The van der Waals surface area contributed by atoms with E-state index in [2.05, 4.69) is 58.5 Å². The molecule has 3 rings (SSSR count). The molecule has 0 aromatic heterocycles. The van der Waals surface area contributed by atoms with E-state index in [9.17, 15) is 0 Å². The number of likely N-dealkylation sites (tertiary alicyclic amines) is 2. The maximum atomic E-state index is 4.80. The topological polar surface area (TPSA) is 42.9 Å². The smallest absolute Gasteiger partial charge is 0.191 e. The second-order valence-electron chi connectivity index (χ2n) is 8.59. The van der Waals surface area contributed by atoms with Crippen molar-refractivity contribution in [3.05, 3.63) is 35.4 Å². The van der Waals surface area contributed by atoms with Crippen molar-refractivity contribution >= 4 is 29.9 Å². The van der Waals surface area contributed by atoms with E-state index in [1.54, 1.807) is 0 Å². The molecule has 0 radical (unpaired) electrons. The maximum Gasteiger partial charge on any atom is 0.191 e. The van der Waals surface area contributed by atoms with Crippen molar-refractivity contribution in [3.8, 4) is 0 Å². The summed E-state index contributed by atoms with van der Waals surface area (Å²) in [6, 6.07) is 9.01. The average Bonchev–Trinajstić information content (AvgIpc) is 3.26. The van der Waals surface area contributed by atoms with Gasteiger partial charge in [-0.25, -0.2) is 4.99 Å². The lowest BCUT2D eigenvalue weighted by Gasteiger charge is -2.31. The van der Waals surface area contributed by atoms with Crippen LogP contribution in [0, 0.1) is 5.92 Å². The van der Waals surface area contributed by atoms with E-state index in [4.69, 9.17) is 4.99 Å². The molecule has 5 nitrogen and oxygen atoms in total. The molecule has 2 aliphatic heterocycles. The van der Waals surface area contributed by atoms with Gasteiger partial charge in [0.15, 0.2) is 5.96 Å². The number of piperidine rings is 1. The van der Waals surface area contributed by atoms with Crippen molar-refractivity contribution in [3.63, 3.8) is 0 Å². The third-order valence-corrected chi connectivity index (χ3v) is 6.39. The van der Waals surface area contributed by atoms with Crippen molar-refractivity contribution < 1.29 is 0 Å². The second kappa shape index (κ2) is 14.2. The minimum absolute atomic E-state index is 0. The molecule has 1 aromatic rings. The molecule has 0 saturated carbocycles. The van der Waals surface area contributed by atoms with Crippen LogP contribution in [0.15, 0.2) is 29.3 Å². The highest BCUT2D eigenvalue weighted by molar-refractivity contribution is 14.0. The van der Waals surface area contributed by atoms with Crippen molar-refractivity contribution in [1.82, 2.24) is 20.4 Å². The van der Waals surface area contributed by atoms with Crippen molar-refractivity contribution in [2.24, 2.45) is 10.9 Å². The van der Waals surface area contributed by atoms with Gasteiger partial charge in [0.2, 0.25) is 0 Å². The van der Waals surface area contributed by atoms with Gasteiger partial charge in [0.05, 0.1) is 6.54 Å². The van der Waals surface area contributed by atoms with Gasteiger partial charge >= 0.3 is 0 Å². The zero-order valence-corrected chi connectivity index (χ0v) is 21.4. The monoisotopic (exact) mass is 527 g/mol. The molecule has 2 saturated heterocycles. The Bertz CT molecular complexity index is 605. The number of guanidine groups is 1. The molecule has 0 bridgehead atoms. The fourth-order valence-corrected chi connectivity index (χ4v) is 4.45. The highest BCUT2D eigenvalue weighted by Crippen LogP contribution is 2.19. The van der Waals surface area contributed by atoms with Crippen LogP contribution >= 0.6 is 24.0 Å². The summed E-state index contributed by atoms with van der Waals surface area (Å²) in [4.78, 5) is 9.91. The van der Waals surface area contributed by atoms with Gasteiger partial charge in [-0.05, 0) is 88.8 Å². The largest absolute Gasteiger partial charge is 0.357 e. The van der Waals surface area contributed by atoms with Crippen LogP contribution in [0.5, 0.6) is 0 Å². The first-order valence-electron chi connectivity index (χ1n) is 11.8. The number of hydrogen-bond acceptors (Lipinski definition) is 3. The van der Waals surface area contributed by atoms with Gasteiger partial charge in [0.1, 0.15) is 0 Å². The van der Waals surface area contributed by atoms with E-state index in [0.717, 1.165) is 38.1 Å². The zero-order valence-electron chi connectivity index (χ0n) is 19.0. The van der Waals surface area contributed by atoms with Gasteiger partial charge in [-0.2, -0.15) is 0 Å². The SMILES string of the molecule is CCNC(=NCc1ccc(CN2CCCC2)cc1)NCCC1CCN(CC)CC1.I. The van der Waals surface area contributed by atoms with Crippen LogP contribution in [0.2, 0.25) is 0 Å². The summed E-state index contributed by atoms with van der Waals surface area (Å²) >= 11 is 0. The second-order valence-corrected chi connectivity index (χ2v) is 8.59. The highest BCUT2D eigenvalue weighted by Gasteiger charge is 2.17. The molecule has 2 heterocycles. The predicted octanol–water partition coefficient (Wildman–Crippen LogP) is 4.08. The Hall–Kier alpha value is -0.860. The van der Waals surface area contributed by atoms with Crippen LogP contribution in [-0.2, 0) is 13.1 Å². The van der Waals surface area contributed by atoms with Gasteiger partial charge in [-0.3, -0.25) is 4.90 Å². The average molecular weight is 528 g/mol. The minimum atomic E-state index is 0. The van der Waals surface area contributed by atoms with E-state index in [-0.39, 0.29) is 24.0 Å². The fraction of sp³-hybridized carbons (Fsp3) is 0.708. The number of hydrogen-bond donors (Lipinski definition) is 2. The Morgan fingerprint density at radius 3 is 2.23 bits per heavy atom. The van der Waals surface area contributed by atoms with E-state index in [0.29, 0.717) is 0 Å². The molecule has 30 heavy (non-hydrogen) atoms. The van der Waals surface area contributed by atoms with Gasteiger partial charge in [0.25, 0.3) is 0 Å². The summed E-state index contributed by atoms with van der Waals surface area (Å²) in [6.45, 7) is 14.4. The van der Waals surface area contributed by atoms with Crippen LogP contribution < -0.4 is 10.6 Å². The van der Waals surface area contributed by atoms with Crippen LogP contribution in [0.25, 0.3) is 0 Å². The van der Waals surface area contributed by atoms with Crippen molar-refractivity contribution in [2.45, 2.75) is 59.0 Å². The molecule has 2 fully saturated rings. The summed E-state index contributed by atoms with van der Waals surface area (Å²) in [5.41, 5.74) is 2.69. The molecule has 2 aliphatic rings. The van der Waals surface area contributed by atoms with E-state index in [1.807, 2.05) is 0 Å². The summed E-state index contributed by atoms with van der Waals surface area (Å²) in [6.07, 6.45) is 6.63. The maximum absolute atomic E-state index is 4.80. The Labute approximate surface area is 201 Å². The minimum Gasteiger partial charge on any atom is -0.357 e. The number of rotatable bonds is 9. The molecule has 1 aromatic carbocycles. The molecule has 0 aliphatic carbocycles. The Kier molecular flexibility index (Phi) is 12.1. The van der Waals surface area contributed by atoms with E-state index < -0.39 is 0 Å². The molecule has 2 N–H and O–H groups in total. The fourth-order valence-electron chi connectivity index (χ4n) is 4.45.